The first kappa shape index (κ1) is 20.0. The first-order valence-electron chi connectivity index (χ1n) is 9.24. The van der Waals surface area contributed by atoms with Crippen molar-refractivity contribution in [3.8, 4) is 0 Å². The first-order chi connectivity index (χ1) is 11.7. The zero-order valence-corrected chi connectivity index (χ0v) is 16.2. The van der Waals surface area contributed by atoms with E-state index in [1.165, 1.54) is 33.4 Å². The number of fused-ring (bicyclic) bond motifs is 2. The number of hydrogen-bond donors (Lipinski definition) is 0. The molecule has 0 aromatic heterocycles. The lowest BCUT2D eigenvalue weighted by molar-refractivity contribution is 1.20. The molecular formula is C24H32. The maximum Gasteiger partial charge on any atom is -0.00606 e. The Morgan fingerprint density at radius 1 is 0.708 bits per heavy atom. The van der Waals surface area contributed by atoms with Crippen molar-refractivity contribution in [2.75, 3.05) is 0 Å². The average molecular weight is 321 g/mol. The predicted octanol–water partition coefficient (Wildman–Crippen LogP) is 7.34. The van der Waals surface area contributed by atoms with Crippen molar-refractivity contribution in [1.82, 2.24) is 0 Å². The molecule has 2 aromatic carbocycles. The first-order valence-corrected chi connectivity index (χ1v) is 9.24. The lowest BCUT2D eigenvalue weighted by Gasteiger charge is -1.97. The third-order valence-corrected chi connectivity index (χ3v) is 4.00. The third kappa shape index (κ3) is 5.23. The second kappa shape index (κ2) is 10.6. The molecule has 128 valence electrons. The molecule has 2 aromatic rings. The van der Waals surface area contributed by atoms with E-state index in [9.17, 15) is 0 Å². The number of allylic oxidation sites excluding steroid dienone is 3. The molecule has 0 unspecified atom stereocenters. The molecule has 0 heteroatoms. The fraction of sp³-hybridized carbons (Fsp3) is 0.333. The van der Waals surface area contributed by atoms with Gasteiger partial charge in [-0.1, -0.05) is 94.0 Å². The largest absolute Gasteiger partial charge is 0.0766 e. The molecule has 2 aliphatic carbocycles. The van der Waals surface area contributed by atoms with Crippen LogP contribution in [0.15, 0.2) is 60.2 Å². The molecule has 0 saturated carbocycles. The molecule has 0 saturated heterocycles. The minimum atomic E-state index is 1.13. The van der Waals surface area contributed by atoms with Gasteiger partial charge in [-0.05, 0) is 54.5 Å². The monoisotopic (exact) mass is 320 g/mol. The molecular weight excluding hydrogens is 288 g/mol. The Morgan fingerprint density at radius 3 is 1.92 bits per heavy atom. The van der Waals surface area contributed by atoms with Crippen molar-refractivity contribution in [2.24, 2.45) is 0 Å². The van der Waals surface area contributed by atoms with Crippen LogP contribution in [0, 0.1) is 0 Å². The summed E-state index contributed by atoms with van der Waals surface area (Å²) in [6, 6.07) is 17.1. The Bertz CT molecular complexity index is 687. The van der Waals surface area contributed by atoms with E-state index in [1.807, 2.05) is 27.7 Å². The van der Waals surface area contributed by atoms with E-state index in [0.717, 1.165) is 12.8 Å². The molecule has 0 atom stereocenters. The van der Waals surface area contributed by atoms with Gasteiger partial charge in [-0.25, -0.2) is 0 Å². The maximum absolute atomic E-state index is 2.28. The van der Waals surface area contributed by atoms with Crippen LogP contribution in [0.1, 0.15) is 63.8 Å². The maximum atomic E-state index is 2.28. The molecule has 0 N–H and O–H groups in total. The Morgan fingerprint density at radius 2 is 1.29 bits per heavy atom. The lowest BCUT2D eigenvalue weighted by Crippen LogP contribution is -1.79. The fourth-order valence-electron chi connectivity index (χ4n) is 2.91. The van der Waals surface area contributed by atoms with Gasteiger partial charge in [0.25, 0.3) is 0 Å². The smallest absolute Gasteiger partial charge is 0.00606 e. The summed E-state index contributed by atoms with van der Waals surface area (Å²) >= 11 is 0. The fourth-order valence-corrected chi connectivity index (χ4v) is 2.91. The second-order valence-corrected chi connectivity index (χ2v) is 5.61. The second-order valence-electron chi connectivity index (χ2n) is 5.61. The van der Waals surface area contributed by atoms with Gasteiger partial charge in [0.2, 0.25) is 0 Å². The van der Waals surface area contributed by atoms with Crippen molar-refractivity contribution in [3.63, 3.8) is 0 Å². The van der Waals surface area contributed by atoms with Crippen LogP contribution in [-0.2, 0) is 12.8 Å². The SMILES string of the molecule is CC.CC.CC1=CCc2ccccc21.CC1=Cc2ccccc2C1. The molecule has 2 aliphatic rings. The Kier molecular flexibility index (Phi) is 8.86. The molecule has 0 heterocycles. The van der Waals surface area contributed by atoms with Gasteiger partial charge >= 0.3 is 0 Å². The Balaban J connectivity index is 0.000000199. The van der Waals surface area contributed by atoms with E-state index < -0.39 is 0 Å². The van der Waals surface area contributed by atoms with Crippen LogP contribution in [0.5, 0.6) is 0 Å². The predicted molar refractivity (Wildman–Crippen MR) is 110 cm³/mol. The van der Waals surface area contributed by atoms with Gasteiger partial charge in [-0.2, -0.15) is 0 Å². The van der Waals surface area contributed by atoms with Crippen molar-refractivity contribution in [1.29, 1.82) is 0 Å². The highest BCUT2D eigenvalue weighted by Gasteiger charge is 2.07. The summed E-state index contributed by atoms with van der Waals surface area (Å²) < 4.78 is 0. The Hall–Kier alpha value is -2.08. The summed E-state index contributed by atoms with van der Waals surface area (Å²) in [5, 5.41) is 0. The molecule has 0 amide bonds. The van der Waals surface area contributed by atoms with E-state index >= 15 is 0 Å². The van der Waals surface area contributed by atoms with E-state index in [2.05, 4.69) is 74.5 Å². The lowest BCUT2D eigenvalue weighted by atomic mass is 10.1. The number of benzene rings is 2. The minimum absolute atomic E-state index is 1.13. The van der Waals surface area contributed by atoms with Crippen LogP contribution in [0.4, 0.5) is 0 Å². The summed E-state index contributed by atoms with van der Waals surface area (Å²) in [6.07, 6.45) is 6.82. The molecule has 0 aliphatic heterocycles. The quantitative estimate of drug-likeness (QED) is 0.476. The van der Waals surface area contributed by atoms with Gasteiger partial charge in [-0.15, -0.1) is 0 Å². The summed E-state index contributed by atoms with van der Waals surface area (Å²) in [7, 11) is 0. The van der Waals surface area contributed by atoms with E-state index in [-0.39, 0.29) is 0 Å². The topological polar surface area (TPSA) is 0 Å². The standard InChI is InChI=1S/2C10H10.2C2H6/c1-8-6-9-4-2-3-5-10(9)7-8;1-8-6-7-9-4-2-3-5-10(8)9;2*1-2/h2*2-6H,7H2,1H3;2*1-2H3. The van der Waals surface area contributed by atoms with Gasteiger partial charge in [-0.3, -0.25) is 0 Å². The highest BCUT2D eigenvalue weighted by Crippen LogP contribution is 2.25. The van der Waals surface area contributed by atoms with Gasteiger partial charge in [0.05, 0.1) is 0 Å². The summed E-state index contributed by atoms with van der Waals surface area (Å²) in [4.78, 5) is 0. The van der Waals surface area contributed by atoms with Gasteiger partial charge in [0, 0.05) is 0 Å². The average Bonchev–Trinajstić information content (AvgIpc) is 3.21. The molecule has 0 radical (unpaired) electrons. The highest BCUT2D eigenvalue weighted by molar-refractivity contribution is 5.71. The van der Waals surface area contributed by atoms with Gasteiger partial charge in [0.1, 0.15) is 0 Å². The van der Waals surface area contributed by atoms with E-state index in [0.29, 0.717) is 0 Å². The van der Waals surface area contributed by atoms with Crippen LogP contribution >= 0.6 is 0 Å². The van der Waals surface area contributed by atoms with Crippen LogP contribution in [-0.4, -0.2) is 0 Å². The highest BCUT2D eigenvalue weighted by atomic mass is 14.1. The minimum Gasteiger partial charge on any atom is -0.0766 e. The normalized spacial score (nSPS) is 12.8. The van der Waals surface area contributed by atoms with Gasteiger partial charge in [0.15, 0.2) is 0 Å². The molecule has 0 bridgehead atoms. The van der Waals surface area contributed by atoms with Crippen LogP contribution in [0.3, 0.4) is 0 Å². The van der Waals surface area contributed by atoms with E-state index in [4.69, 9.17) is 0 Å². The van der Waals surface area contributed by atoms with Crippen molar-refractivity contribution in [3.05, 3.63) is 82.4 Å². The van der Waals surface area contributed by atoms with Crippen molar-refractivity contribution >= 4 is 11.6 Å². The summed E-state index contributed by atoms with van der Waals surface area (Å²) in [6.45, 7) is 12.4. The third-order valence-electron chi connectivity index (χ3n) is 4.00. The van der Waals surface area contributed by atoms with Gasteiger partial charge < -0.3 is 0 Å². The molecule has 4 rings (SSSR count). The number of rotatable bonds is 0. The molecule has 0 spiro atoms. The van der Waals surface area contributed by atoms with Crippen molar-refractivity contribution < 1.29 is 0 Å². The van der Waals surface area contributed by atoms with Crippen LogP contribution in [0.25, 0.3) is 11.6 Å². The molecule has 0 nitrogen and oxygen atoms in total. The zero-order valence-electron chi connectivity index (χ0n) is 16.2. The number of hydrogen-bond acceptors (Lipinski definition) is 0. The summed E-state index contributed by atoms with van der Waals surface area (Å²) in [5.74, 6) is 0. The van der Waals surface area contributed by atoms with Crippen molar-refractivity contribution in [2.45, 2.75) is 54.4 Å². The Labute approximate surface area is 148 Å². The molecule has 0 fully saturated rings. The zero-order chi connectivity index (χ0) is 17.9. The summed E-state index contributed by atoms with van der Waals surface area (Å²) in [5.41, 5.74) is 8.68. The molecule has 24 heavy (non-hydrogen) atoms. The van der Waals surface area contributed by atoms with Crippen LogP contribution < -0.4 is 0 Å². The van der Waals surface area contributed by atoms with Crippen LogP contribution in [0.2, 0.25) is 0 Å². The van der Waals surface area contributed by atoms with E-state index in [1.54, 1.807) is 0 Å².